The van der Waals surface area contributed by atoms with Gasteiger partial charge in [0.1, 0.15) is 0 Å². The van der Waals surface area contributed by atoms with Crippen molar-refractivity contribution in [2.45, 2.75) is 19.8 Å². The van der Waals surface area contributed by atoms with Crippen LogP contribution in [0.5, 0.6) is 5.88 Å². The number of unbranched alkanes of at least 4 members (excludes halogenated alkanes) is 1. The maximum absolute atomic E-state index is 5.41. The molecule has 0 atom stereocenters. The van der Waals surface area contributed by atoms with Crippen molar-refractivity contribution in [2.75, 3.05) is 6.61 Å². The van der Waals surface area contributed by atoms with Gasteiger partial charge in [0, 0.05) is 24.4 Å². The molecule has 92 valence electrons. The summed E-state index contributed by atoms with van der Waals surface area (Å²) in [5, 5.41) is 7.51. The van der Waals surface area contributed by atoms with E-state index in [4.69, 9.17) is 4.74 Å². The van der Waals surface area contributed by atoms with Crippen molar-refractivity contribution < 1.29 is 9.37 Å². The predicted octanol–water partition coefficient (Wildman–Crippen LogP) is 2.31. The lowest BCUT2D eigenvalue weighted by molar-refractivity contribution is 0.272. The molecule has 2 heterocycles. The molecule has 0 unspecified atom stereocenters. The Morgan fingerprint density at radius 3 is 3.06 bits per heavy atom. The summed E-state index contributed by atoms with van der Waals surface area (Å²) in [6.45, 7) is 2.36. The van der Waals surface area contributed by atoms with Gasteiger partial charge in [-0.3, -0.25) is 4.98 Å². The molecule has 2 aromatic rings. The van der Waals surface area contributed by atoms with Gasteiger partial charge in [-0.05, 0) is 28.9 Å². The lowest BCUT2D eigenvalue weighted by Gasteiger charge is -1.98. The SMILES string of the molecule is CCCC#CCOc1nonc1-c1cccnc1. The molecule has 0 fully saturated rings. The van der Waals surface area contributed by atoms with E-state index in [1.807, 2.05) is 12.1 Å². The van der Waals surface area contributed by atoms with E-state index in [1.54, 1.807) is 12.4 Å². The Morgan fingerprint density at radius 2 is 2.28 bits per heavy atom. The molecule has 0 aromatic carbocycles. The van der Waals surface area contributed by atoms with Crippen LogP contribution in [0.25, 0.3) is 11.3 Å². The van der Waals surface area contributed by atoms with E-state index < -0.39 is 0 Å². The lowest BCUT2D eigenvalue weighted by Crippen LogP contribution is -1.96. The Kier molecular flexibility index (Phi) is 4.31. The second kappa shape index (κ2) is 6.40. The Hall–Kier alpha value is -2.35. The van der Waals surface area contributed by atoms with Gasteiger partial charge in [-0.1, -0.05) is 18.8 Å². The Balaban J connectivity index is 2.03. The van der Waals surface area contributed by atoms with Crippen LogP contribution in [0.15, 0.2) is 29.2 Å². The summed E-state index contributed by atoms with van der Waals surface area (Å²) in [7, 11) is 0. The summed E-state index contributed by atoms with van der Waals surface area (Å²) in [4.78, 5) is 4.01. The summed E-state index contributed by atoms with van der Waals surface area (Å²) < 4.78 is 10.1. The van der Waals surface area contributed by atoms with Crippen molar-refractivity contribution in [1.82, 2.24) is 15.3 Å². The van der Waals surface area contributed by atoms with E-state index in [-0.39, 0.29) is 6.61 Å². The van der Waals surface area contributed by atoms with Crippen molar-refractivity contribution in [3.05, 3.63) is 24.5 Å². The summed E-state index contributed by atoms with van der Waals surface area (Å²) in [6, 6.07) is 3.68. The minimum Gasteiger partial charge on any atom is -0.461 e. The first-order valence-corrected chi connectivity index (χ1v) is 5.73. The van der Waals surface area contributed by atoms with Gasteiger partial charge in [-0.15, -0.1) is 0 Å². The van der Waals surface area contributed by atoms with Crippen LogP contribution in [0.2, 0.25) is 0 Å². The fourth-order valence-corrected chi connectivity index (χ4v) is 1.32. The van der Waals surface area contributed by atoms with Gasteiger partial charge in [-0.25, -0.2) is 4.63 Å². The zero-order valence-corrected chi connectivity index (χ0v) is 10.1. The number of pyridine rings is 1. The molecule has 0 aliphatic carbocycles. The second-order valence-corrected chi connectivity index (χ2v) is 3.55. The first-order valence-electron chi connectivity index (χ1n) is 5.73. The molecule has 0 saturated carbocycles. The molecule has 5 nitrogen and oxygen atoms in total. The number of ether oxygens (including phenoxy) is 1. The molecule has 2 aromatic heterocycles. The van der Waals surface area contributed by atoms with Crippen LogP contribution in [0.3, 0.4) is 0 Å². The fraction of sp³-hybridized carbons (Fsp3) is 0.308. The molecule has 0 spiro atoms. The quantitative estimate of drug-likeness (QED) is 0.771. The normalized spacial score (nSPS) is 9.61. The summed E-state index contributed by atoms with van der Waals surface area (Å²) in [5.41, 5.74) is 1.34. The van der Waals surface area contributed by atoms with Gasteiger partial charge in [0.25, 0.3) is 5.88 Å². The molecule has 18 heavy (non-hydrogen) atoms. The molecular formula is C13H13N3O2. The summed E-state index contributed by atoms with van der Waals surface area (Å²) in [6.07, 6.45) is 5.28. The van der Waals surface area contributed by atoms with Gasteiger partial charge in [0.15, 0.2) is 12.3 Å². The third kappa shape index (κ3) is 3.08. The third-order valence-electron chi connectivity index (χ3n) is 2.17. The van der Waals surface area contributed by atoms with Gasteiger partial charge >= 0.3 is 0 Å². The average Bonchev–Trinajstić information content (AvgIpc) is 2.88. The van der Waals surface area contributed by atoms with Crippen LogP contribution in [-0.4, -0.2) is 21.9 Å². The second-order valence-electron chi connectivity index (χ2n) is 3.55. The molecule has 0 saturated heterocycles. The Bertz CT molecular complexity index is 540. The number of aromatic nitrogens is 3. The van der Waals surface area contributed by atoms with Gasteiger partial charge in [0.2, 0.25) is 0 Å². The van der Waals surface area contributed by atoms with Crippen molar-refractivity contribution in [2.24, 2.45) is 0 Å². The minimum atomic E-state index is 0.279. The molecule has 2 rings (SSSR count). The Morgan fingerprint density at radius 1 is 1.33 bits per heavy atom. The molecule has 0 N–H and O–H groups in total. The van der Waals surface area contributed by atoms with Gasteiger partial charge in [-0.2, -0.15) is 0 Å². The third-order valence-corrected chi connectivity index (χ3v) is 2.17. The number of hydrogen-bond acceptors (Lipinski definition) is 5. The highest BCUT2D eigenvalue weighted by Gasteiger charge is 2.13. The minimum absolute atomic E-state index is 0.279. The van der Waals surface area contributed by atoms with E-state index in [9.17, 15) is 0 Å². The Labute approximate surface area is 105 Å². The molecular weight excluding hydrogens is 230 g/mol. The van der Waals surface area contributed by atoms with E-state index >= 15 is 0 Å². The molecule has 0 aliphatic heterocycles. The van der Waals surface area contributed by atoms with E-state index in [0.29, 0.717) is 11.6 Å². The van der Waals surface area contributed by atoms with Crippen LogP contribution in [-0.2, 0) is 0 Å². The zero-order chi connectivity index (χ0) is 12.6. The largest absolute Gasteiger partial charge is 0.461 e. The topological polar surface area (TPSA) is 61.0 Å². The van der Waals surface area contributed by atoms with E-state index in [2.05, 4.69) is 38.7 Å². The first-order chi connectivity index (χ1) is 8.92. The number of rotatable bonds is 4. The highest BCUT2D eigenvalue weighted by atomic mass is 16.6. The maximum Gasteiger partial charge on any atom is 0.284 e. The zero-order valence-electron chi connectivity index (χ0n) is 10.1. The number of hydrogen-bond donors (Lipinski definition) is 0. The van der Waals surface area contributed by atoms with Gasteiger partial charge in [0.05, 0.1) is 0 Å². The fourth-order valence-electron chi connectivity index (χ4n) is 1.32. The van der Waals surface area contributed by atoms with Crippen molar-refractivity contribution >= 4 is 0 Å². The standard InChI is InChI=1S/C13H13N3O2/c1-2-3-4-5-9-17-13-12(15-18-16-13)11-7-6-8-14-10-11/h6-8,10H,2-3,9H2,1H3. The molecule has 0 amide bonds. The smallest absolute Gasteiger partial charge is 0.284 e. The van der Waals surface area contributed by atoms with E-state index in [1.165, 1.54) is 0 Å². The highest BCUT2D eigenvalue weighted by Crippen LogP contribution is 2.24. The lowest BCUT2D eigenvalue weighted by atomic mass is 10.2. The number of nitrogens with zero attached hydrogens (tertiary/aromatic N) is 3. The monoisotopic (exact) mass is 243 g/mol. The predicted molar refractivity (Wildman–Crippen MR) is 65.7 cm³/mol. The summed E-state index contributed by atoms with van der Waals surface area (Å²) >= 11 is 0. The van der Waals surface area contributed by atoms with Crippen molar-refractivity contribution in [3.8, 4) is 29.0 Å². The average molecular weight is 243 g/mol. The van der Waals surface area contributed by atoms with Crippen LogP contribution in [0, 0.1) is 11.8 Å². The van der Waals surface area contributed by atoms with Crippen LogP contribution < -0.4 is 4.74 Å². The molecule has 0 radical (unpaired) electrons. The first kappa shape index (κ1) is 12.1. The van der Waals surface area contributed by atoms with E-state index in [0.717, 1.165) is 18.4 Å². The van der Waals surface area contributed by atoms with Crippen LogP contribution >= 0.6 is 0 Å². The van der Waals surface area contributed by atoms with Crippen molar-refractivity contribution in [1.29, 1.82) is 0 Å². The van der Waals surface area contributed by atoms with Gasteiger partial charge < -0.3 is 4.74 Å². The maximum atomic E-state index is 5.41. The van der Waals surface area contributed by atoms with Crippen molar-refractivity contribution in [3.63, 3.8) is 0 Å². The molecule has 0 aliphatic rings. The summed E-state index contributed by atoms with van der Waals surface area (Å²) in [5.74, 6) is 6.24. The van der Waals surface area contributed by atoms with Crippen LogP contribution in [0.1, 0.15) is 19.8 Å². The molecule has 0 bridgehead atoms. The van der Waals surface area contributed by atoms with Crippen LogP contribution in [0.4, 0.5) is 0 Å². The highest BCUT2D eigenvalue weighted by molar-refractivity contribution is 5.62. The molecule has 5 heteroatoms.